The van der Waals surface area contributed by atoms with Gasteiger partial charge in [0.05, 0.1) is 12.3 Å². The Balaban J connectivity index is 1.90. The van der Waals surface area contributed by atoms with Gasteiger partial charge in [0.25, 0.3) is 0 Å². The minimum Gasteiger partial charge on any atom is -0.455 e. The molecule has 25 heavy (non-hydrogen) atoms. The Morgan fingerprint density at radius 1 is 1.32 bits per heavy atom. The molecule has 0 fully saturated rings. The molecule has 0 saturated carbocycles. The standard InChI is InChI=1S/C17H18Cl2N4O2/c1-24-9-11(20)6-13-15(19)16-17(25-13)12(7-14(18)23-16)22-8-10-2-4-21-5-3-10/h2-5,7,11H,6,8-9,20H2,1H3,(H,22,23)/t11-/m1/s1. The molecule has 132 valence electrons. The number of anilines is 1. The molecule has 0 unspecified atom stereocenters. The number of pyridine rings is 2. The van der Waals surface area contributed by atoms with Crippen LogP contribution in [-0.2, 0) is 17.7 Å². The average molecular weight is 381 g/mol. The molecular weight excluding hydrogens is 363 g/mol. The Hall–Kier alpha value is -1.86. The first-order chi connectivity index (χ1) is 12.1. The van der Waals surface area contributed by atoms with Crippen molar-refractivity contribution < 1.29 is 9.15 Å². The van der Waals surface area contributed by atoms with Crippen LogP contribution in [0.3, 0.4) is 0 Å². The van der Waals surface area contributed by atoms with Gasteiger partial charge in [0, 0.05) is 44.6 Å². The van der Waals surface area contributed by atoms with Crippen molar-refractivity contribution in [3.8, 4) is 0 Å². The van der Waals surface area contributed by atoms with Crippen LogP contribution in [-0.4, -0.2) is 29.7 Å². The normalized spacial score (nSPS) is 12.5. The second-order valence-corrected chi connectivity index (χ2v) is 6.40. The van der Waals surface area contributed by atoms with Crippen molar-refractivity contribution in [1.29, 1.82) is 0 Å². The Bertz CT molecular complexity index is 855. The summed E-state index contributed by atoms with van der Waals surface area (Å²) in [6.07, 6.45) is 3.93. The summed E-state index contributed by atoms with van der Waals surface area (Å²) < 4.78 is 11.0. The van der Waals surface area contributed by atoms with Crippen LogP contribution in [0.25, 0.3) is 11.1 Å². The zero-order valence-corrected chi connectivity index (χ0v) is 15.1. The monoisotopic (exact) mass is 380 g/mol. The Kier molecular flexibility index (Phi) is 5.75. The highest BCUT2D eigenvalue weighted by atomic mass is 35.5. The number of aromatic nitrogens is 2. The number of halogens is 2. The maximum absolute atomic E-state index is 6.42. The Morgan fingerprint density at radius 2 is 2.08 bits per heavy atom. The molecule has 8 heteroatoms. The van der Waals surface area contributed by atoms with Gasteiger partial charge in [-0.25, -0.2) is 4.98 Å². The number of nitrogens with zero attached hydrogens (tertiary/aromatic N) is 2. The van der Waals surface area contributed by atoms with E-state index in [0.717, 1.165) is 11.3 Å². The van der Waals surface area contributed by atoms with E-state index in [2.05, 4.69) is 15.3 Å². The summed E-state index contributed by atoms with van der Waals surface area (Å²) in [7, 11) is 1.60. The van der Waals surface area contributed by atoms with Gasteiger partial charge >= 0.3 is 0 Å². The van der Waals surface area contributed by atoms with E-state index in [4.69, 9.17) is 38.1 Å². The van der Waals surface area contributed by atoms with Crippen LogP contribution in [0.2, 0.25) is 10.2 Å². The fourth-order valence-electron chi connectivity index (χ4n) is 2.53. The van der Waals surface area contributed by atoms with Crippen molar-refractivity contribution in [2.24, 2.45) is 5.73 Å². The molecule has 0 saturated heterocycles. The number of nitrogens with one attached hydrogen (secondary N) is 1. The van der Waals surface area contributed by atoms with Crippen molar-refractivity contribution >= 4 is 40.0 Å². The summed E-state index contributed by atoms with van der Waals surface area (Å²) in [5, 5.41) is 4.06. The van der Waals surface area contributed by atoms with E-state index in [1.807, 2.05) is 12.1 Å². The van der Waals surface area contributed by atoms with Crippen LogP contribution < -0.4 is 11.1 Å². The number of nitrogens with two attached hydrogens (primary N) is 1. The number of methoxy groups -OCH3 is 1. The lowest BCUT2D eigenvalue weighted by atomic mass is 10.2. The molecule has 0 aliphatic heterocycles. The largest absolute Gasteiger partial charge is 0.455 e. The molecule has 3 N–H and O–H groups in total. The molecule has 3 rings (SSSR count). The van der Waals surface area contributed by atoms with Crippen LogP contribution in [0.1, 0.15) is 11.3 Å². The van der Waals surface area contributed by atoms with E-state index >= 15 is 0 Å². The van der Waals surface area contributed by atoms with Gasteiger partial charge in [-0.05, 0) is 17.7 Å². The minimum absolute atomic E-state index is 0.216. The SMILES string of the molecule is COC[C@H](N)Cc1oc2c(NCc3ccncc3)cc(Cl)nc2c1Cl. The summed E-state index contributed by atoms with van der Waals surface area (Å²) in [4.78, 5) is 8.29. The topological polar surface area (TPSA) is 86.2 Å². The molecule has 0 bridgehead atoms. The fourth-order valence-corrected chi connectivity index (χ4v) is 2.96. The van der Waals surface area contributed by atoms with Gasteiger partial charge in [-0.2, -0.15) is 0 Å². The molecule has 0 amide bonds. The molecular formula is C17H18Cl2N4O2. The highest BCUT2D eigenvalue weighted by Crippen LogP contribution is 2.35. The minimum atomic E-state index is -0.216. The number of hydrogen-bond donors (Lipinski definition) is 2. The lowest BCUT2D eigenvalue weighted by Gasteiger charge is -2.08. The Labute approximate surface area is 155 Å². The van der Waals surface area contributed by atoms with E-state index in [0.29, 0.717) is 46.6 Å². The van der Waals surface area contributed by atoms with Crippen LogP contribution in [0, 0.1) is 0 Å². The summed E-state index contributed by atoms with van der Waals surface area (Å²) >= 11 is 12.6. The molecule has 6 nitrogen and oxygen atoms in total. The van der Waals surface area contributed by atoms with Gasteiger partial charge in [-0.1, -0.05) is 23.2 Å². The molecule has 1 atom stereocenters. The first-order valence-corrected chi connectivity index (χ1v) is 8.48. The summed E-state index contributed by atoms with van der Waals surface area (Å²) in [6, 6.07) is 5.35. The van der Waals surface area contributed by atoms with Crippen molar-refractivity contribution in [2.45, 2.75) is 19.0 Å². The molecule has 0 spiro atoms. The van der Waals surface area contributed by atoms with E-state index < -0.39 is 0 Å². The van der Waals surface area contributed by atoms with Crippen LogP contribution in [0.15, 0.2) is 35.0 Å². The van der Waals surface area contributed by atoms with E-state index in [1.54, 1.807) is 25.6 Å². The van der Waals surface area contributed by atoms with E-state index in [1.165, 1.54) is 0 Å². The molecule has 3 aromatic heterocycles. The summed E-state index contributed by atoms with van der Waals surface area (Å²) in [5.74, 6) is 0.572. The number of rotatable bonds is 7. The highest BCUT2D eigenvalue weighted by Gasteiger charge is 2.19. The lowest BCUT2D eigenvalue weighted by Crippen LogP contribution is -2.27. The van der Waals surface area contributed by atoms with Gasteiger partial charge in [0.1, 0.15) is 21.5 Å². The third-order valence-corrected chi connectivity index (χ3v) is 4.26. The third kappa shape index (κ3) is 4.22. The number of hydrogen-bond acceptors (Lipinski definition) is 6. The van der Waals surface area contributed by atoms with E-state index in [-0.39, 0.29) is 6.04 Å². The summed E-state index contributed by atoms with van der Waals surface area (Å²) in [5.41, 5.74) is 8.88. The number of furan rings is 1. The third-order valence-electron chi connectivity index (χ3n) is 3.68. The maximum Gasteiger partial charge on any atom is 0.177 e. The quantitative estimate of drug-likeness (QED) is 0.608. The molecule has 3 aromatic rings. The first kappa shape index (κ1) is 17.9. The molecule has 0 aliphatic carbocycles. The lowest BCUT2D eigenvalue weighted by molar-refractivity contribution is 0.178. The average Bonchev–Trinajstić information content (AvgIpc) is 2.90. The van der Waals surface area contributed by atoms with Crippen molar-refractivity contribution in [2.75, 3.05) is 19.0 Å². The Morgan fingerprint density at radius 3 is 2.80 bits per heavy atom. The number of fused-ring (bicyclic) bond motifs is 1. The van der Waals surface area contributed by atoms with E-state index in [9.17, 15) is 0 Å². The first-order valence-electron chi connectivity index (χ1n) is 7.73. The van der Waals surface area contributed by atoms with Gasteiger partial charge in [0.2, 0.25) is 0 Å². The molecule has 0 aromatic carbocycles. The predicted molar refractivity (Wildman–Crippen MR) is 99.1 cm³/mol. The zero-order chi connectivity index (χ0) is 17.8. The molecule has 0 aliphatic rings. The maximum atomic E-state index is 6.42. The van der Waals surface area contributed by atoms with Crippen LogP contribution >= 0.6 is 23.2 Å². The summed E-state index contributed by atoms with van der Waals surface area (Å²) in [6.45, 7) is 1.00. The van der Waals surface area contributed by atoms with Crippen molar-refractivity contribution in [3.05, 3.63) is 52.1 Å². The highest BCUT2D eigenvalue weighted by molar-refractivity contribution is 6.36. The second-order valence-electron chi connectivity index (χ2n) is 5.64. The van der Waals surface area contributed by atoms with Gasteiger partial charge < -0.3 is 20.2 Å². The van der Waals surface area contributed by atoms with Crippen LogP contribution in [0.4, 0.5) is 5.69 Å². The van der Waals surface area contributed by atoms with Gasteiger partial charge in [-0.3, -0.25) is 4.98 Å². The van der Waals surface area contributed by atoms with Gasteiger partial charge in [0.15, 0.2) is 5.58 Å². The van der Waals surface area contributed by atoms with Crippen molar-refractivity contribution in [1.82, 2.24) is 9.97 Å². The van der Waals surface area contributed by atoms with Crippen molar-refractivity contribution in [3.63, 3.8) is 0 Å². The fraction of sp³-hybridized carbons (Fsp3) is 0.294. The number of ether oxygens (including phenoxy) is 1. The molecule has 3 heterocycles. The smallest absolute Gasteiger partial charge is 0.177 e. The zero-order valence-electron chi connectivity index (χ0n) is 13.6. The van der Waals surface area contributed by atoms with Gasteiger partial charge in [-0.15, -0.1) is 0 Å². The second kappa shape index (κ2) is 8.01. The van der Waals surface area contributed by atoms with Crippen LogP contribution in [0.5, 0.6) is 0 Å². The molecule has 0 radical (unpaired) electrons. The predicted octanol–water partition coefficient (Wildman–Crippen LogP) is 3.66.